The summed E-state index contributed by atoms with van der Waals surface area (Å²) in [5, 5.41) is 7.78. The van der Waals surface area contributed by atoms with Crippen molar-refractivity contribution in [1.82, 2.24) is 20.1 Å². The smallest absolute Gasteiger partial charge is 0.140 e. The number of thioether (sulfide) groups is 1. The lowest BCUT2D eigenvalue weighted by Gasteiger charge is -2.13. The molecule has 1 fully saturated rings. The summed E-state index contributed by atoms with van der Waals surface area (Å²) in [5.41, 5.74) is 0. The first kappa shape index (κ1) is 12.9. The molecule has 5 heteroatoms. The van der Waals surface area contributed by atoms with Crippen LogP contribution in [0.15, 0.2) is 6.33 Å². The molecule has 0 saturated heterocycles. The van der Waals surface area contributed by atoms with Crippen LogP contribution in [0.2, 0.25) is 0 Å². The highest BCUT2D eigenvalue weighted by Gasteiger charge is 2.41. The Balaban J connectivity index is 1.80. The lowest BCUT2D eigenvalue weighted by Crippen LogP contribution is -2.27. The molecule has 1 aromatic heterocycles. The highest BCUT2D eigenvalue weighted by Crippen LogP contribution is 2.46. The van der Waals surface area contributed by atoms with Crippen LogP contribution in [-0.4, -0.2) is 32.3 Å². The van der Waals surface area contributed by atoms with Crippen molar-refractivity contribution in [3.63, 3.8) is 0 Å². The van der Waals surface area contributed by atoms with Crippen LogP contribution < -0.4 is 5.32 Å². The van der Waals surface area contributed by atoms with Gasteiger partial charge in [-0.05, 0) is 25.0 Å². The summed E-state index contributed by atoms with van der Waals surface area (Å²) in [6, 6.07) is 0. The Morgan fingerprint density at radius 2 is 2.29 bits per heavy atom. The average molecular weight is 254 g/mol. The van der Waals surface area contributed by atoms with Crippen LogP contribution in [0.3, 0.4) is 0 Å². The Kier molecular flexibility index (Phi) is 4.09. The first-order valence-electron chi connectivity index (χ1n) is 6.28. The van der Waals surface area contributed by atoms with E-state index in [1.54, 1.807) is 6.33 Å². The molecule has 1 aliphatic carbocycles. The molecule has 4 nitrogen and oxygen atoms in total. The molecule has 1 saturated carbocycles. The number of hydrogen-bond acceptors (Lipinski definition) is 4. The molecule has 17 heavy (non-hydrogen) atoms. The van der Waals surface area contributed by atoms with E-state index in [0.717, 1.165) is 25.5 Å². The highest BCUT2D eigenvalue weighted by molar-refractivity contribution is 8.00. The van der Waals surface area contributed by atoms with Crippen molar-refractivity contribution >= 4 is 11.8 Å². The summed E-state index contributed by atoms with van der Waals surface area (Å²) in [5.74, 6) is 1.66. The fraction of sp³-hybridized carbons (Fsp3) is 0.833. The maximum Gasteiger partial charge on any atom is 0.140 e. The quantitative estimate of drug-likeness (QED) is 0.807. The number of nitrogens with zero attached hydrogens (tertiary/aromatic N) is 3. The van der Waals surface area contributed by atoms with E-state index < -0.39 is 0 Å². The van der Waals surface area contributed by atoms with Gasteiger partial charge in [-0.25, -0.2) is 9.67 Å². The standard InChI is InChI=1S/C12H22N4S/c1-10(2)7-16-11(14-9-15-16)6-13-8-12(17-3)4-5-12/h9-10,13H,4-8H2,1-3H3. The van der Waals surface area contributed by atoms with E-state index in [1.165, 1.54) is 12.8 Å². The van der Waals surface area contributed by atoms with Crippen molar-refractivity contribution in [3.8, 4) is 0 Å². The topological polar surface area (TPSA) is 42.7 Å². The van der Waals surface area contributed by atoms with Gasteiger partial charge in [0.1, 0.15) is 12.2 Å². The van der Waals surface area contributed by atoms with Crippen molar-refractivity contribution < 1.29 is 0 Å². The van der Waals surface area contributed by atoms with Crippen LogP contribution in [0.25, 0.3) is 0 Å². The van der Waals surface area contributed by atoms with Gasteiger partial charge in [0.05, 0.1) is 6.54 Å². The van der Waals surface area contributed by atoms with Gasteiger partial charge in [0.2, 0.25) is 0 Å². The third kappa shape index (κ3) is 3.45. The molecule has 0 aliphatic heterocycles. The Hall–Kier alpha value is -0.550. The van der Waals surface area contributed by atoms with Crippen molar-refractivity contribution in [2.75, 3.05) is 12.8 Å². The molecule has 1 heterocycles. The molecular weight excluding hydrogens is 232 g/mol. The monoisotopic (exact) mass is 254 g/mol. The van der Waals surface area contributed by atoms with E-state index in [4.69, 9.17) is 0 Å². The Bertz CT molecular complexity index is 357. The molecule has 96 valence electrons. The van der Waals surface area contributed by atoms with E-state index in [1.807, 2.05) is 16.4 Å². The van der Waals surface area contributed by atoms with E-state index in [9.17, 15) is 0 Å². The lowest BCUT2D eigenvalue weighted by molar-refractivity contribution is 0.457. The van der Waals surface area contributed by atoms with Gasteiger partial charge in [-0.2, -0.15) is 16.9 Å². The highest BCUT2D eigenvalue weighted by atomic mass is 32.2. The van der Waals surface area contributed by atoms with Gasteiger partial charge in [-0.1, -0.05) is 13.8 Å². The molecule has 0 aromatic carbocycles. The molecule has 1 aliphatic rings. The van der Waals surface area contributed by atoms with Gasteiger partial charge in [-0.15, -0.1) is 0 Å². The van der Waals surface area contributed by atoms with E-state index in [-0.39, 0.29) is 0 Å². The van der Waals surface area contributed by atoms with Crippen LogP contribution >= 0.6 is 11.8 Å². The molecule has 0 bridgehead atoms. The Morgan fingerprint density at radius 3 is 2.88 bits per heavy atom. The second-order valence-electron chi connectivity index (χ2n) is 5.24. The summed E-state index contributed by atoms with van der Waals surface area (Å²) in [4.78, 5) is 4.32. The summed E-state index contributed by atoms with van der Waals surface area (Å²) >= 11 is 1.98. The maximum absolute atomic E-state index is 4.32. The summed E-state index contributed by atoms with van der Waals surface area (Å²) in [7, 11) is 0. The molecule has 0 unspecified atom stereocenters. The molecule has 0 spiro atoms. The third-order valence-electron chi connectivity index (χ3n) is 3.20. The van der Waals surface area contributed by atoms with Gasteiger partial charge in [-0.3, -0.25) is 0 Å². The minimum Gasteiger partial charge on any atom is -0.308 e. The minimum absolute atomic E-state index is 0.517. The number of hydrogen-bond donors (Lipinski definition) is 1. The van der Waals surface area contributed by atoms with E-state index in [0.29, 0.717) is 10.7 Å². The van der Waals surface area contributed by atoms with Crippen molar-refractivity contribution in [2.45, 2.75) is 44.5 Å². The third-order valence-corrected chi connectivity index (χ3v) is 4.62. The SMILES string of the molecule is CSC1(CNCc2ncnn2CC(C)C)CC1. The van der Waals surface area contributed by atoms with Crippen molar-refractivity contribution in [1.29, 1.82) is 0 Å². The van der Waals surface area contributed by atoms with Crippen LogP contribution in [-0.2, 0) is 13.1 Å². The largest absolute Gasteiger partial charge is 0.308 e. The molecular formula is C12H22N4S. The predicted octanol–water partition coefficient (Wildman–Crippen LogP) is 1.92. The summed E-state index contributed by atoms with van der Waals surface area (Å²) in [6.07, 6.45) is 6.55. The zero-order chi connectivity index (χ0) is 12.3. The van der Waals surface area contributed by atoms with E-state index >= 15 is 0 Å². The van der Waals surface area contributed by atoms with Crippen LogP contribution in [0.4, 0.5) is 0 Å². The Labute approximate surface area is 108 Å². The van der Waals surface area contributed by atoms with Crippen LogP contribution in [0.1, 0.15) is 32.5 Å². The summed E-state index contributed by atoms with van der Waals surface area (Å²) in [6.45, 7) is 7.26. The number of rotatable bonds is 7. The fourth-order valence-electron chi connectivity index (χ4n) is 1.92. The molecule has 2 rings (SSSR count). The van der Waals surface area contributed by atoms with Crippen molar-refractivity contribution in [2.24, 2.45) is 5.92 Å². The second-order valence-corrected chi connectivity index (χ2v) is 6.52. The van der Waals surface area contributed by atoms with E-state index in [2.05, 4.69) is 35.5 Å². The molecule has 1 aromatic rings. The Morgan fingerprint density at radius 1 is 1.53 bits per heavy atom. The van der Waals surface area contributed by atoms with Crippen LogP contribution in [0.5, 0.6) is 0 Å². The maximum atomic E-state index is 4.32. The normalized spacial score (nSPS) is 17.6. The zero-order valence-corrected chi connectivity index (χ0v) is 11.8. The summed E-state index contributed by atoms with van der Waals surface area (Å²) < 4.78 is 2.53. The fourth-order valence-corrected chi connectivity index (χ4v) is 2.67. The van der Waals surface area contributed by atoms with Gasteiger partial charge < -0.3 is 5.32 Å². The zero-order valence-electron chi connectivity index (χ0n) is 10.9. The van der Waals surface area contributed by atoms with Gasteiger partial charge in [0.15, 0.2) is 0 Å². The van der Waals surface area contributed by atoms with Gasteiger partial charge >= 0.3 is 0 Å². The lowest BCUT2D eigenvalue weighted by atomic mass is 10.2. The second kappa shape index (κ2) is 5.40. The molecule has 0 atom stereocenters. The number of aromatic nitrogens is 3. The molecule has 1 N–H and O–H groups in total. The predicted molar refractivity (Wildman–Crippen MR) is 72.0 cm³/mol. The molecule has 0 radical (unpaired) electrons. The van der Waals surface area contributed by atoms with Crippen molar-refractivity contribution in [3.05, 3.63) is 12.2 Å². The number of nitrogens with one attached hydrogen (secondary N) is 1. The first-order valence-corrected chi connectivity index (χ1v) is 7.50. The van der Waals surface area contributed by atoms with Gasteiger partial charge in [0, 0.05) is 17.8 Å². The van der Waals surface area contributed by atoms with Gasteiger partial charge in [0.25, 0.3) is 0 Å². The average Bonchev–Trinajstić information content (AvgIpc) is 2.94. The first-order chi connectivity index (χ1) is 8.15. The van der Waals surface area contributed by atoms with Crippen LogP contribution in [0, 0.1) is 5.92 Å². The minimum atomic E-state index is 0.517. The molecule has 0 amide bonds.